The quantitative estimate of drug-likeness (QED) is 0.674. The van der Waals surface area contributed by atoms with Gasteiger partial charge in [0.1, 0.15) is 0 Å². The molecule has 1 N–H and O–H groups in total. The average molecular weight is 141 g/mol. The van der Waals surface area contributed by atoms with Crippen molar-refractivity contribution in [2.24, 2.45) is 0 Å². The van der Waals surface area contributed by atoms with Gasteiger partial charge in [0.15, 0.2) is 0 Å². The molecule has 1 heterocycles. The van der Waals surface area contributed by atoms with Gasteiger partial charge in [-0.1, -0.05) is 6.92 Å². The summed E-state index contributed by atoms with van der Waals surface area (Å²) < 4.78 is 4.96. The third-order valence-corrected chi connectivity index (χ3v) is 1.26. The van der Waals surface area contributed by atoms with E-state index in [9.17, 15) is 0 Å². The summed E-state index contributed by atoms with van der Waals surface area (Å²) in [6, 6.07) is 0.160. The van der Waals surface area contributed by atoms with Crippen LogP contribution in [0.4, 0.5) is 0 Å². The van der Waals surface area contributed by atoms with E-state index in [0.717, 1.165) is 6.54 Å². The Bertz CT molecular complexity index is 173. The third-order valence-electron chi connectivity index (χ3n) is 1.26. The summed E-state index contributed by atoms with van der Waals surface area (Å²) in [4.78, 5) is 0. The Hall–Kier alpha value is -0.900. The van der Waals surface area contributed by atoms with Crippen molar-refractivity contribution in [2.75, 3.05) is 6.54 Å². The highest BCUT2D eigenvalue weighted by Crippen LogP contribution is 2.05. The molecule has 56 valence electrons. The zero-order valence-electron chi connectivity index (χ0n) is 6.16. The topological polar surface area (TPSA) is 51.0 Å². The number of hydrogen-bond donors (Lipinski definition) is 1. The molecule has 0 aliphatic carbocycles. The molecule has 0 aliphatic rings. The van der Waals surface area contributed by atoms with E-state index >= 15 is 0 Å². The van der Waals surface area contributed by atoms with Gasteiger partial charge in [0, 0.05) is 0 Å². The Labute approximate surface area is 59.6 Å². The van der Waals surface area contributed by atoms with Gasteiger partial charge in [-0.2, -0.15) is 0 Å². The first-order chi connectivity index (χ1) is 4.84. The summed E-state index contributed by atoms with van der Waals surface area (Å²) in [5.41, 5.74) is 0. The average Bonchev–Trinajstić information content (AvgIpc) is 2.38. The Kier molecular flexibility index (Phi) is 2.39. The molecule has 0 spiro atoms. The molecule has 0 saturated carbocycles. The highest BCUT2D eigenvalue weighted by molar-refractivity contribution is 4.81. The molecular formula is C6H11N3O. The maximum atomic E-state index is 4.96. The number of hydrogen-bond acceptors (Lipinski definition) is 4. The molecule has 10 heavy (non-hydrogen) atoms. The molecule has 0 bridgehead atoms. The molecule has 0 radical (unpaired) electrons. The molecule has 1 rings (SSSR count). The van der Waals surface area contributed by atoms with E-state index in [4.69, 9.17) is 4.42 Å². The fourth-order valence-electron chi connectivity index (χ4n) is 0.764. The Morgan fingerprint density at radius 1 is 1.80 bits per heavy atom. The van der Waals surface area contributed by atoms with E-state index in [1.54, 1.807) is 0 Å². The highest BCUT2D eigenvalue weighted by Gasteiger charge is 2.07. The van der Waals surface area contributed by atoms with Gasteiger partial charge >= 0.3 is 0 Å². The second kappa shape index (κ2) is 3.31. The lowest BCUT2D eigenvalue weighted by Crippen LogP contribution is -2.17. The SMILES string of the molecule is CCN[C@H](C)c1nnco1. The van der Waals surface area contributed by atoms with Gasteiger partial charge in [0.2, 0.25) is 12.3 Å². The van der Waals surface area contributed by atoms with Crippen LogP contribution < -0.4 is 5.32 Å². The minimum atomic E-state index is 0.160. The lowest BCUT2D eigenvalue weighted by atomic mass is 10.3. The maximum Gasteiger partial charge on any atom is 0.232 e. The van der Waals surface area contributed by atoms with E-state index in [0.29, 0.717) is 5.89 Å². The van der Waals surface area contributed by atoms with Crippen LogP contribution in [0.15, 0.2) is 10.8 Å². The van der Waals surface area contributed by atoms with E-state index in [1.165, 1.54) is 6.39 Å². The van der Waals surface area contributed by atoms with Gasteiger partial charge < -0.3 is 9.73 Å². The number of nitrogens with zero attached hydrogens (tertiary/aromatic N) is 2. The molecule has 0 aromatic carbocycles. The summed E-state index contributed by atoms with van der Waals surface area (Å²) in [5, 5.41) is 10.5. The van der Waals surface area contributed by atoms with Gasteiger partial charge in [-0.15, -0.1) is 10.2 Å². The zero-order chi connectivity index (χ0) is 7.40. The van der Waals surface area contributed by atoms with Crippen molar-refractivity contribution in [3.05, 3.63) is 12.3 Å². The van der Waals surface area contributed by atoms with Gasteiger partial charge in [0.25, 0.3) is 0 Å². The van der Waals surface area contributed by atoms with Crippen LogP contribution in [0.1, 0.15) is 25.8 Å². The second-order valence-electron chi connectivity index (χ2n) is 2.06. The summed E-state index contributed by atoms with van der Waals surface area (Å²) >= 11 is 0. The number of aromatic nitrogens is 2. The fraction of sp³-hybridized carbons (Fsp3) is 0.667. The molecule has 0 fully saturated rings. The number of nitrogens with one attached hydrogen (secondary N) is 1. The first kappa shape index (κ1) is 7.21. The highest BCUT2D eigenvalue weighted by atomic mass is 16.4. The van der Waals surface area contributed by atoms with Crippen molar-refractivity contribution in [3.8, 4) is 0 Å². The first-order valence-electron chi connectivity index (χ1n) is 3.34. The van der Waals surface area contributed by atoms with E-state index < -0.39 is 0 Å². The van der Waals surface area contributed by atoms with E-state index in [2.05, 4.69) is 15.5 Å². The summed E-state index contributed by atoms with van der Waals surface area (Å²) in [5.74, 6) is 0.641. The molecule has 4 nitrogen and oxygen atoms in total. The minimum absolute atomic E-state index is 0.160. The summed E-state index contributed by atoms with van der Waals surface area (Å²) in [6.45, 7) is 4.92. The van der Waals surface area contributed by atoms with E-state index in [-0.39, 0.29) is 6.04 Å². The zero-order valence-corrected chi connectivity index (χ0v) is 6.16. The Morgan fingerprint density at radius 3 is 3.10 bits per heavy atom. The fourth-order valence-corrected chi connectivity index (χ4v) is 0.764. The smallest absolute Gasteiger partial charge is 0.232 e. The largest absolute Gasteiger partial charge is 0.426 e. The predicted octanol–water partition coefficient (Wildman–Crippen LogP) is 0.740. The van der Waals surface area contributed by atoms with Crippen molar-refractivity contribution in [1.29, 1.82) is 0 Å². The Morgan fingerprint density at radius 2 is 2.60 bits per heavy atom. The van der Waals surface area contributed by atoms with Crippen molar-refractivity contribution < 1.29 is 4.42 Å². The van der Waals surface area contributed by atoms with Crippen LogP contribution in [0.5, 0.6) is 0 Å². The second-order valence-corrected chi connectivity index (χ2v) is 2.06. The van der Waals surface area contributed by atoms with Gasteiger partial charge in [-0.05, 0) is 13.5 Å². The van der Waals surface area contributed by atoms with Crippen molar-refractivity contribution in [1.82, 2.24) is 15.5 Å². The molecule has 0 amide bonds. The summed E-state index contributed by atoms with van der Waals surface area (Å²) in [7, 11) is 0. The molecule has 1 aromatic rings. The molecule has 4 heteroatoms. The van der Waals surface area contributed by atoms with Crippen LogP contribution in [0.3, 0.4) is 0 Å². The predicted molar refractivity (Wildman–Crippen MR) is 36.4 cm³/mol. The molecule has 0 aliphatic heterocycles. The van der Waals surface area contributed by atoms with Crippen LogP contribution in [-0.2, 0) is 0 Å². The normalized spacial score (nSPS) is 13.4. The maximum absolute atomic E-state index is 4.96. The minimum Gasteiger partial charge on any atom is -0.426 e. The van der Waals surface area contributed by atoms with Crippen LogP contribution in [0, 0.1) is 0 Å². The van der Waals surface area contributed by atoms with Crippen LogP contribution in [-0.4, -0.2) is 16.7 Å². The molecule has 0 saturated heterocycles. The summed E-state index contributed by atoms with van der Waals surface area (Å²) in [6.07, 6.45) is 1.34. The van der Waals surface area contributed by atoms with Gasteiger partial charge in [-0.25, -0.2) is 0 Å². The monoisotopic (exact) mass is 141 g/mol. The molecular weight excluding hydrogens is 130 g/mol. The standard InChI is InChI=1S/C6H11N3O/c1-3-7-5(2)6-9-8-4-10-6/h4-5,7H,3H2,1-2H3/t5-/m1/s1. The van der Waals surface area contributed by atoms with Gasteiger partial charge in [0.05, 0.1) is 6.04 Å². The van der Waals surface area contributed by atoms with Crippen molar-refractivity contribution in [2.45, 2.75) is 19.9 Å². The number of rotatable bonds is 3. The first-order valence-corrected chi connectivity index (χ1v) is 3.34. The Balaban J connectivity index is 2.50. The van der Waals surface area contributed by atoms with Crippen molar-refractivity contribution >= 4 is 0 Å². The molecule has 1 atom stereocenters. The lowest BCUT2D eigenvalue weighted by molar-refractivity contribution is 0.421. The molecule has 0 unspecified atom stereocenters. The van der Waals surface area contributed by atoms with Crippen molar-refractivity contribution in [3.63, 3.8) is 0 Å². The third kappa shape index (κ3) is 1.54. The lowest BCUT2D eigenvalue weighted by Gasteiger charge is -2.04. The molecule has 1 aromatic heterocycles. The van der Waals surface area contributed by atoms with Gasteiger partial charge in [-0.3, -0.25) is 0 Å². The van der Waals surface area contributed by atoms with Crippen LogP contribution >= 0.6 is 0 Å². The van der Waals surface area contributed by atoms with E-state index in [1.807, 2.05) is 13.8 Å². The van der Waals surface area contributed by atoms with Crippen LogP contribution in [0.25, 0.3) is 0 Å². The van der Waals surface area contributed by atoms with Crippen LogP contribution in [0.2, 0.25) is 0 Å².